The molecule has 0 bridgehead atoms. The minimum atomic E-state index is -0.793. The molecule has 5 heterocycles. The number of aromatic hydroxyl groups is 1. The van der Waals surface area contributed by atoms with E-state index in [0.29, 0.717) is 74.8 Å². The quantitative estimate of drug-likeness (QED) is 0.0685. The van der Waals surface area contributed by atoms with E-state index in [-0.39, 0.29) is 46.9 Å². The van der Waals surface area contributed by atoms with Crippen LogP contribution in [0, 0.1) is 11.3 Å². The van der Waals surface area contributed by atoms with Crippen LogP contribution in [0.4, 0.5) is 17.2 Å². The van der Waals surface area contributed by atoms with E-state index in [9.17, 15) is 33.9 Å². The molecule has 1 atom stereocenters. The number of phenols is 1. The van der Waals surface area contributed by atoms with E-state index >= 15 is 0 Å². The lowest BCUT2D eigenvalue weighted by molar-refractivity contribution is -0.152. The smallest absolute Gasteiger partial charge is 0.255 e. The molecular formula is C50H59N9O7. The number of piperidine rings is 3. The van der Waals surface area contributed by atoms with Crippen molar-refractivity contribution in [1.29, 1.82) is 0 Å². The molecule has 3 aromatic carbocycles. The third-order valence-electron chi connectivity index (χ3n) is 14.6. The highest BCUT2D eigenvalue weighted by molar-refractivity contribution is 6.06. The molecule has 0 saturated carbocycles. The molecule has 4 aliphatic heterocycles. The van der Waals surface area contributed by atoms with Crippen LogP contribution in [0.2, 0.25) is 0 Å². The van der Waals surface area contributed by atoms with Gasteiger partial charge < -0.3 is 35.8 Å². The molecule has 0 radical (unpaired) electrons. The molecule has 4 aromatic rings. The molecule has 0 aliphatic carbocycles. The van der Waals surface area contributed by atoms with Gasteiger partial charge in [-0.15, -0.1) is 10.2 Å². The SMILES string of the molecule is CN(C(=O)c1cc(N2CCC(CCCC3(CCNC=O)CN(C(=O)C4(c5ccccc5)CCN(c5cc(-c6ccccc6O)nnc5N)CC4)C3)CC2)ccc1C=O)C1CCC(=O)NC1=O. The summed E-state index contributed by atoms with van der Waals surface area (Å²) in [6, 6.07) is 23.4. The maximum Gasteiger partial charge on any atom is 0.255 e. The Balaban J connectivity index is 0.883. The van der Waals surface area contributed by atoms with Crippen molar-refractivity contribution in [3.8, 4) is 17.0 Å². The van der Waals surface area contributed by atoms with Gasteiger partial charge in [0.05, 0.1) is 22.4 Å². The molecule has 66 heavy (non-hydrogen) atoms. The highest BCUT2D eigenvalue weighted by Gasteiger charge is 2.52. The van der Waals surface area contributed by atoms with E-state index in [0.717, 1.165) is 75.0 Å². The van der Waals surface area contributed by atoms with Gasteiger partial charge in [0, 0.05) is 81.5 Å². The highest BCUT2D eigenvalue weighted by atomic mass is 16.3. The maximum absolute atomic E-state index is 14.9. The number of phenolic OH excluding ortho intramolecular Hbond substituents is 1. The number of hydrogen-bond donors (Lipinski definition) is 4. The number of benzene rings is 3. The molecule has 4 saturated heterocycles. The number of amides is 5. The van der Waals surface area contributed by atoms with E-state index < -0.39 is 23.3 Å². The number of imide groups is 1. The number of aldehydes is 1. The monoisotopic (exact) mass is 897 g/mol. The summed E-state index contributed by atoms with van der Waals surface area (Å²) in [4.78, 5) is 83.7. The third kappa shape index (κ3) is 9.44. The number of aromatic nitrogens is 2. The first-order valence-corrected chi connectivity index (χ1v) is 23.1. The molecule has 1 unspecified atom stereocenters. The van der Waals surface area contributed by atoms with Gasteiger partial charge >= 0.3 is 0 Å². The molecular weight excluding hydrogens is 839 g/mol. The van der Waals surface area contributed by atoms with Crippen LogP contribution >= 0.6 is 0 Å². The predicted molar refractivity (Wildman–Crippen MR) is 250 cm³/mol. The van der Waals surface area contributed by atoms with Gasteiger partial charge in [0.15, 0.2) is 12.1 Å². The predicted octanol–water partition coefficient (Wildman–Crippen LogP) is 4.71. The van der Waals surface area contributed by atoms with E-state index in [1.807, 2.05) is 41.3 Å². The molecule has 4 fully saturated rings. The van der Waals surface area contributed by atoms with Gasteiger partial charge in [-0.1, -0.05) is 55.3 Å². The molecule has 4 aliphatic rings. The molecule has 5 N–H and O–H groups in total. The number of likely N-dealkylation sites (N-methyl/N-ethyl adjacent to an activating group) is 1. The normalized spacial score (nSPS) is 19.3. The van der Waals surface area contributed by atoms with Crippen molar-refractivity contribution in [2.75, 3.05) is 68.4 Å². The van der Waals surface area contributed by atoms with Gasteiger partial charge in [-0.3, -0.25) is 34.1 Å². The fourth-order valence-electron chi connectivity index (χ4n) is 10.7. The molecule has 346 valence electrons. The van der Waals surface area contributed by atoms with Gasteiger partial charge in [-0.05, 0) is 92.8 Å². The standard InChI is InChI=1S/C50H59N9O7/c1-56(41-15-16-44(63)53-46(41)64)47(65)39-28-37(14-13-35(39)30-60)57-24-17-34(18-25-57)8-7-19-49(20-23-52-33-61)31-59(32-49)48(66)50(36-9-3-2-4-10-36)21-26-58(27-22-50)42-29-40(54-55-45(42)51)38-11-5-6-12-43(38)62/h2-6,9-14,28-30,33-34,41,62H,7-8,15-27,31-32H2,1H3,(H2,51,55)(H,52,61)(H,53,63,64). The summed E-state index contributed by atoms with van der Waals surface area (Å²) in [6.45, 7) is 4.53. The van der Waals surface area contributed by atoms with E-state index in [4.69, 9.17) is 5.73 Å². The van der Waals surface area contributed by atoms with Crippen molar-refractivity contribution in [3.63, 3.8) is 0 Å². The molecule has 0 spiro atoms. The van der Waals surface area contributed by atoms with Gasteiger partial charge in [0.1, 0.15) is 11.8 Å². The summed E-state index contributed by atoms with van der Waals surface area (Å²) >= 11 is 0. The number of anilines is 3. The number of likely N-dealkylation sites (tertiary alicyclic amines) is 1. The lowest BCUT2D eigenvalue weighted by Gasteiger charge is -2.54. The number of hydrogen-bond acceptors (Lipinski definition) is 12. The van der Waals surface area contributed by atoms with Crippen LogP contribution in [0.15, 0.2) is 78.9 Å². The topological polar surface area (TPSA) is 211 Å². The molecule has 5 amide bonds. The number of nitrogens with two attached hydrogens (primary N) is 1. The van der Waals surface area contributed by atoms with Gasteiger partial charge in [0.25, 0.3) is 5.91 Å². The highest BCUT2D eigenvalue weighted by Crippen LogP contribution is 2.46. The van der Waals surface area contributed by atoms with E-state index in [2.05, 4.69) is 42.8 Å². The average molecular weight is 898 g/mol. The van der Waals surface area contributed by atoms with Crippen molar-refractivity contribution in [3.05, 3.63) is 95.6 Å². The maximum atomic E-state index is 14.9. The Morgan fingerprint density at radius 1 is 0.909 bits per heavy atom. The number of nitrogen functional groups attached to an aromatic ring is 1. The minimum Gasteiger partial charge on any atom is -0.507 e. The van der Waals surface area contributed by atoms with Crippen molar-refractivity contribution in [1.82, 2.24) is 30.6 Å². The Kier molecular flexibility index (Phi) is 13.7. The van der Waals surface area contributed by atoms with Crippen molar-refractivity contribution >= 4 is 53.5 Å². The average Bonchev–Trinajstić information content (AvgIpc) is 3.33. The van der Waals surface area contributed by atoms with Gasteiger partial charge in [-0.25, -0.2) is 0 Å². The number of para-hydroxylation sites is 1. The second-order valence-electron chi connectivity index (χ2n) is 18.5. The van der Waals surface area contributed by atoms with Crippen LogP contribution in [0.1, 0.15) is 90.5 Å². The van der Waals surface area contributed by atoms with Gasteiger partial charge in [0.2, 0.25) is 24.1 Å². The second-order valence-corrected chi connectivity index (χ2v) is 18.5. The number of carbonyl (C=O) groups excluding carboxylic acids is 6. The first kappa shape index (κ1) is 45.7. The number of nitrogens with zero attached hydrogens (tertiary/aromatic N) is 6. The number of nitrogens with one attached hydrogen (secondary N) is 2. The van der Waals surface area contributed by atoms with Crippen molar-refractivity contribution < 1.29 is 33.9 Å². The summed E-state index contributed by atoms with van der Waals surface area (Å²) in [5, 5.41) is 24.2. The molecule has 16 nitrogen and oxygen atoms in total. The summed E-state index contributed by atoms with van der Waals surface area (Å²) < 4.78 is 0. The summed E-state index contributed by atoms with van der Waals surface area (Å²) in [5.74, 6) is -0.289. The minimum absolute atomic E-state index is 0.105. The molecule has 16 heteroatoms. The summed E-state index contributed by atoms with van der Waals surface area (Å²) in [5.41, 5.74) is 9.69. The lowest BCUT2D eigenvalue weighted by atomic mass is 9.67. The van der Waals surface area contributed by atoms with Crippen LogP contribution in [-0.4, -0.2) is 120 Å². The van der Waals surface area contributed by atoms with Crippen molar-refractivity contribution in [2.24, 2.45) is 11.3 Å². The van der Waals surface area contributed by atoms with Crippen LogP contribution in [0.5, 0.6) is 5.75 Å². The Hall–Kier alpha value is -6.84. The zero-order valence-corrected chi connectivity index (χ0v) is 37.5. The Morgan fingerprint density at radius 2 is 1.64 bits per heavy atom. The fourth-order valence-corrected chi connectivity index (χ4v) is 10.7. The van der Waals surface area contributed by atoms with E-state index in [1.54, 1.807) is 30.3 Å². The zero-order valence-electron chi connectivity index (χ0n) is 37.5. The number of carbonyl (C=O) groups is 6. The Labute approximate surface area is 384 Å². The lowest BCUT2D eigenvalue weighted by Crippen LogP contribution is -2.64. The van der Waals surface area contributed by atoms with Crippen LogP contribution in [0.3, 0.4) is 0 Å². The Morgan fingerprint density at radius 3 is 2.33 bits per heavy atom. The third-order valence-corrected chi connectivity index (χ3v) is 14.6. The zero-order chi connectivity index (χ0) is 46.4. The van der Waals surface area contributed by atoms with Gasteiger partial charge in [-0.2, -0.15) is 0 Å². The molecule has 8 rings (SSSR count). The first-order valence-electron chi connectivity index (χ1n) is 23.1. The van der Waals surface area contributed by atoms with Crippen LogP contribution in [-0.2, 0) is 24.6 Å². The van der Waals surface area contributed by atoms with Crippen LogP contribution < -0.4 is 26.2 Å². The van der Waals surface area contributed by atoms with Crippen LogP contribution in [0.25, 0.3) is 11.3 Å². The molecule has 1 aromatic heterocycles. The van der Waals surface area contributed by atoms with Crippen molar-refractivity contribution in [2.45, 2.75) is 75.7 Å². The Bertz CT molecular complexity index is 2440. The summed E-state index contributed by atoms with van der Waals surface area (Å²) in [7, 11) is 1.53. The number of rotatable bonds is 16. The fraction of sp³-hybridized carbons (Fsp3) is 0.440. The largest absolute Gasteiger partial charge is 0.507 e. The first-order chi connectivity index (χ1) is 31.9. The second kappa shape index (κ2) is 19.7. The van der Waals surface area contributed by atoms with E-state index in [1.165, 1.54) is 11.9 Å². The summed E-state index contributed by atoms with van der Waals surface area (Å²) in [6.07, 6.45) is 8.61.